The second-order valence-corrected chi connectivity index (χ2v) is 8.23. The molecule has 0 aliphatic carbocycles. The van der Waals surface area contributed by atoms with Crippen LogP contribution in [0.25, 0.3) is 0 Å². The maximum absolute atomic E-state index is 13.5. The molecule has 3 rings (SSSR count). The van der Waals surface area contributed by atoms with Crippen LogP contribution in [-0.4, -0.2) is 55.0 Å². The number of esters is 1. The fourth-order valence-electron chi connectivity index (χ4n) is 3.82. The number of aliphatic hydroxyl groups excluding tert-OH is 1. The predicted molar refractivity (Wildman–Crippen MR) is 138 cm³/mol. The molecule has 0 fully saturated rings. The molecule has 0 unspecified atom stereocenters. The molecule has 0 bridgehead atoms. The van der Waals surface area contributed by atoms with Gasteiger partial charge in [0.25, 0.3) is 5.91 Å². The van der Waals surface area contributed by atoms with Gasteiger partial charge in [0.15, 0.2) is 11.4 Å². The third-order valence-electron chi connectivity index (χ3n) is 5.64. The highest BCUT2D eigenvalue weighted by atomic mass is 16.5. The molecule has 9 nitrogen and oxygen atoms in total. The van der Waals surface area contributed by atoms with Crippen molar-refractivity contribution in [3.63, 3.8) is 0 Å². The van der Waals surface area contributed by atoms with Crippen molar-refractivity contribution in [1.29, 1.82) is 0 Å². The Bertz CT molecular complexity index is 1230. The fourth-order valence-corrected chi connectivity index (χ4v) is 3.82. The van der Waals surface area contributed by atoms with Crippen molar-refractivity contribution >= 4 is 11.9 Å². The molecule has 0 radical (unpaired) electrons. The molecule has 3 aromatic rings. The molecule has 0 aliphatic rings. The number of hydrogen-bond donors (Lipinski definition) is 2. The topological polar surface area (TPSA) is 116 Å². The molecule has 0 saturated carbocycles. The van der Waals surface area contributed by atoms with Gasteiger partial charge in [-0.2, -0.15) is 0 Å². The Morgan fingerprint density at radius 3 is 2.27 bits per heavy atom. The van der Waals surface area contributed by atoms with Gasteiger partial charge in [-0.1, -0.05) is 60.7 Å². The monoisotopic (exact) mass is 508 g/mol. The Kier molecular flexibility index (Phi) is 10.4. The molecule has 9 heteroatoms. The molecule has 37 heavy (non-hydrogen) atoms. The van der Waals surface area contributed by atoms with Crippen LogP contribution in [0.4, 0.5) is 0 Å². The first-order chi connectivity index (χ1) is 18.0. The molecule has 1 atom stereocenters. The number of amides is 1. The average Bonchev–Trinajstić information content (AvgIpc) is 2.92. The smallest absolute Gasteiger partial charge is 0.343 e. The average molecular weight is 509 g/mol. The van der Waals surface area contributed by atoms with E-state index in [1.54, 1.807) is 6.92 Å². The lowest BCUT2D eigenvalue weighted by Gasteiger charge is -2.25. The molecule has 0 aliphatic heterocycles. The normalized spacial score (nSPS) is 11.5. The first-order valence-corrected chi connectivity index (χ1v) is 12.0. The number of methoxy groups -OCH3 is 1. The minimum Gasteiger partial charge on any atom is -0.483 e. The van der Waals surface area contributed by atoms with Crippen LogP contribution in [0.3, 0.4) is 0 Å². The Labute approximate surface area is 215 Å². The molecule has 1 amide bonds. The van der Waals surface area contributed by atoms with E-state index in [4.69, 9.17) is 14.2 Å². The molecule has 196 valence electrons. The maximum Gasteiger partial charge on any atom is 0.343 e. The first kappa shape index (κ1) is 27.6. The van der Waals surface area contributed by atoms with E-state index in [-0.39, 0.29) is 50.0 Å². The van der Waals surface area contributed by atoms with E-state index in [0.717, 1.165) is 11.1 Å². The molecule has 2 aromatic carbocycles. The number of pyridine rings is 1. The maximum atomic E-state index is 13.5. The summed E-state index contributed by atoms with van der Waals surface area (Å²) in [4.78, 5) is 39.6. The minimum atomic E-state index is -0.839. The van der Waals surface area contributed by atoms with Crippen LogP contribution >= 0.6 is 0 Å². The second-order valence-electron chi connectivity index (χ2n) is 8.23. The zero-order valence-electron chi connectivity index (χ0n) is 21.0. The molecule has 1 aromatic heterocycles. The summed E-state index contributed by atoms with van der Waals surface area (Å²) in [6, 6.07) is 17.8. The SMILES string of the molecule is CCOC(=O)c1cn([C@H](CO)Cc2ccccc2)c(C(=O)NCCOC)c(OCc2ccccc2)c1=O. The Morgan fingerprint density at radius 2 is 1.68 bits per heavy atom. The minimum absolute atomic E-state index is 0.0107. The highest BCUT2D eigenvalue weighted by Crippen LogP contribution is 2.24. The van der Waals surface area contributed by atoms with E-state index in [1.165, 1.54) is 17.9 Å². The standard InChI is InChI=1S/C28H32N2O7/c1-3-36-28(34)23-17-30(22(18-31)16-20-10-6-4-7-11-20)24(27(33)29-14-15-35-2)26(25(23)32)37-19-21-12-8-5-9-13-21/h4-13,17,22,31H,3,14-16,18-19H2,1-2H3,(H,29,33)/t22-/m0/s1. The van der Waals surface area contributed by atoms with Crippen LogP contribution in [0.1, 0.15) is 44.9 Å². The van der Waals surface area contributed by atoms with Crippen LogP contribution in [0, 0.1) is 0 Å². The van der Waals surface area contributed by atoms with Gasteiger partial charge in [-0.15, -0.1) is 0 Å². The van der Waals surface area contributed by atoms with Gasteiger partial charge in [0.05, 0.1) is 25.9 Å². The number of carbonyl (C=O) groups is 2. The van der Waals surface area contributed by atoms with Crippen molar-refractivity contribution in [3.05, 3.63) is 99.5 Å². The number of nitrogens with zero attached hydrogens (tertiary/aromatic N) is 1. The zero-order valence-corrected chi connectivity index (χ0v) is 21.0. The van der Waals surface area contributed by atoms with Crippen molar-refractivity contribution < 1.29 is 28.9 Å². The second kappa shape index (κ2) is 14.0. The highest BCUT2D eigenvalue weighted by molar-refractivity contribution is 5.97. The fraction of sp³-hybridized carbons (Fsp3) is 0.321. The summed E-state index contributed by atoms with van der Waals surface area (Å²) >= 11 is 0. The number of aromatic nitrogens is 1. The summed E-state index contributed by atoms with van der Waals surface area (Å²) in [6.07, 6.45) is 1.60. The number of hydrogen-bond acceptors (Lipinski definition) is 7. The number of aliphatic hydroxyl groups is 1. The third kappa shape index (κ3) is 7.28. The summed E-state index contributed by atoms with van der Waals surface area (Å²) < 4.78 is 17.5. The molecular weight excluding hydrogens is 476 g/mol. The van der Waals surface area contributed by atoms with Crippen molar-refractivity contribution in [2.45, 2.75) is 26.0 Å². The first-order valence-electron chi connectivity index (χ1n) is 12.0. The largest absolute Gasteiger partial charge is 0.483 e. The van der Waals surface area contributed by atoms with Crippen LogP contribution < -0.4 is 15.5 Å². The van der Waals surface area contributed by atoms with Crippen molar-refractivity contribution in [2.75, 3.05) is 33.5 Å². The summed E-state index contributed by atoms with van der Waals surface area (Å²) in [6.45, 7) is 1.76. The third-order valence-corrected chi connectivity index (χ3v) is 5.64. The van der Waals surface area contributed by atoms with Crippen molar-refractivity contribution in [2.24, 2.45) is 0 Å². The Morgan fingerprint density at radius 1 is 1.03 bits per heavy atom. The molecule has 2 N–H and O–H groups in total. The summed E-state index contributed by atoms with van der Waals surface area (Å²) in [5, 5.41) is 13.1. The van der Waals surface area contributed by atoms with E-state index in [2.05, 4.69) is 5.32 Å². The van der Waals surface area contributed by atoms with Crippen LogP contribution in [0.5, 0.6) is 5.75 Å². The van der Waals surface area contributed by atoms with Crippen molar-refractivity contribution in [3.8, 4) is 5.75 Å². The van der Waals surface area contributed by atoms with Gasteiger partial charge in [-0.05, 0) is 24.5 Å². The number of rotatable bonds is 13. The van der Waals surface area contributed by atoms with Crippen LogP contribution in [0.2, 0.25) is 0 Å². The van der Waals surface area contributed by atoms with Gasteiger partial charge in [0, 0.05) is 19.9 Å². The van der Waals surface area contributed by atoms with E-state index < -0.39 is 23.3 Å². The number of nitrogens with one attached hydrogen (secondary N) is 1. The van der Waals surface area contributed by atoms with Gasteiger partial charge in [-0.3, -0.25) is 9.59 Å². The Hall–Kier alpha value is -3.95. The van der Waals surface area contributed by atoms with Crippen molar-refractivity contribution in [1.82, 2.24) is 9.88 Å². The lowest BCUT2D eigenvalue weighted by molar-refractivity contribution is 0.0521. The summed E-state index contributed by atoms with van der Waals surface area (Å²) in [5.74, 6) is -1.73. The number of benzene rings is 2. The van der Waals surface area contributed by atoms with Gasteiger partial charge in [0.2, 0.25) is 5.43 Å². The van der Waals surface area contributed by atoms with Crippen LogP contribution in [-0.2, 0) is 22.5 Å². The zero-order chi connectivity index (χ0) is 26.6. The lowest BCUT2D eigenvalue weighted by atomic mass is 10.0. The van der Waals surface area contributed by atoms with E-state index in [9.17, 15) is 19.5 Å². The summed E-state index contributed by atoms with van der Waals surface area (Å²) in [7, 11) is 1.51. The number of carbonyl (C=O) groups excluding carboxylic acids is 2. The molecular formula is C28H32N2O7. The van der Waals surface area contributed by atoms with E-state index in [1.807, 2.05) is 60.7 Å². The Balaban J connectivity index is 2.17. The molecule has 0 spiro atoms. The van der Waals surface area contributed by atoms with E-state index in [0.29, 0.717) is 6.42 Å². The summed E-state index contributed by atoms with van der Waals surface area (Å²) in [5.41, 5.74) is 0.517. The van der Waals surface area contributed by atoms with Gasteiger partial charge < -0.3 is 29.2 Å². The molecule has 1 heterocycles. The number of ether oxygens (including phenoxy) is 3. The van der Waals surface area contributed by atoms with E-state index >= 15 is 0 Å². The van der Waals surface area contributed by atoms with Gasteiger partial charge >= 0.3 is 5.97 Å². The predicted octanol–water partition coefficient (Wildman–Crippen LogP) is 2.76. The quantitative estimate of drug-likeness (QED) is 0.269. The van der Waals surface area contributed by atoms with Gasteiger partial charge in [0.1, 0.15) is 12.2 Å². The van der Waals surface area contributed by atoms with Crippen LogP contribution in [0.15, 0.2) is 71.7 Å². The highest BCUT2D eigenvalue weighted by Gasteiger charge is 2.29. The van der Waals surface area contributed by atoms with Gasteiger partial charge in [-0.25, -0.2) is 4.79 Å². The molecule has 0 saturated heterocycles. The lowest BCUT2D eigenvalue weighted by Crippen LogP contribution is -2.36.